The van der Waals surface area contributed by atoms with Crippen molar-refractivity contribution >= 4 is 0 Å². The van der Waals surface area contributed by atoms with Crippen molar-refractivity contribution in [3.8, 4) is 5.75 Å². The Morgan fingerprint density at radius 2 is 1.84 bits per heavy atom. The summed E-state index contributed by atoms with van der Waals surface area (Å²) in [5.74, 6) is 1.11. The molecule has 1 saturated heterocycles. The van der Waals surface area contributed by atoms with Crippen LogP contribution >= 0.6 is 0 Å². The topological polar surface area (TPSA) is 52.9 Å². The van der Waals surface area contributed by atoms with E-state index in [0.717, 1.165) is 31.7 Å². The molecule has 0 amide bonds. The zero-order valence-electron chi connectivity index (χ0n) is 14.6. The molecule has 1 aliphatic rings. The molecule has 0 saturated carbocycles. The van der Waals surface area contributed by atoms with Gasteiger partial charge in [0.1, 0.15) is 12.4 Å². The van der Waals surface area contributed by atoms with E-state index in [1.165, 1.54) is 11.1 Å². The SMILES string of the molecule is OCCOc1cccc(CN2CC[C@H](Cc3ccccc3)[C@@H](O)C2)c1. The van der Waals surface area contributed by atoms with E-state index >= 15 is 0 Å². The number of piperidine rings is 1. The second-order valence-corrected chi connectivity index (χ2v) is 6.76. The standard InChI is InChI=1S/C21H27NO3/c23-11-12-25-20-8-4-7-18(14-20)15-22-10-9-19(21(24)16-22)13-17-5-2-1-3-6-17/h1-8,14,19,21,23-24H,9-13,15-16H2/t19-,21+/m1/s1. The van der Waals surface area contributed by atoms with Crippen LogP contribution in [0.1, 0.15) is 17.5 Å². The lowest BCUT2D eigenvalue weighted by Crippen LogP contribution is -2.44. The number of ether oxygens (including phenoxy) is 1. The largest absolute Gasteiger partial charge is 0.491 e. The molecule has 0 unspecified atom stereocenters. The van der Waals surface area contributed by atoms with Crippen molar-refractivity contribution in [3.05, 3.63) is 65.7 Å². The summed E-state index contributed by atoms with van der Waals surface area (Å²) in [5, 5.41) is 19.4. The van der Waals surface area contributed by atoms with Crippen LogP contribution in [-0.2, 0) is 13.0 Å². The number of hydrogen-bond donors (Lipinski definition) is 2. The van der Waals surface area contributed by atoms with E-state index in [-0.39, 0.29) is 12.7 Å². The number of rotatable bonds is 7. The molecule has 0 aliphatic carbocycles. The fourth-order valence-electron chi connectivity index (χ4n) is 3.50. The van der Waals surface area contributed by atoms with Crippen molar-refractivity contribution in [1.82, 2.24) is 4.90 Å². The van der Waals surface area contributed by atoms with Crippen LogP contribution in [0.4, 0.5) is 0 Å². The molecule has 25 heavy (non-hydrogen) atoms. The van der Waals surface area contributed by atoms with Crippen LogP contribution in [-0.4, -0.2) is 47.5 Å². The number of hydrogen-bond acceptors (Lipinski definition) is 4. The minimum absolute atomic E-state index is 0.0192. The Kier molecular flexibility index (Phi) is 6.45. The first-order valence-electron chi connectivity index (χ1n) is 9.01. The van der Waals surface area contributed by atoms with Gasteiger partial charge < -0.3 is 14.9 Å². The number of likely N-dealkylation sites (tertiary alicyclic amines) is 1. The second-order valence-electron chi connectivity index (χ2n) is 6.76. The summed E-state index contributed by atoms with van der Waals surface area (Å²) in [7, 11) is 0. The first kappa shape index (κ1) is 17.9. The minimum Gasteiger partial charge on any atom is -0.491 e. The molecule has 4 nitrogen and oxygen atoms in total. The smallest absolute Gasteiger partial charge is 0.119 e. The number of β-amino-alcohol motifs (C(OH)–C–C–N with tert-alkyl or cyclic N) is 1. The highest BCUT2D eigenvalue weighted by atomic mass is 16.5. The van der Waals surface area contributed by atoms with E-state index in [0.29, 0.717) is 19.1 Å². The average Bonchev–Trinajstić information content (AvgIpc) is 2.63. The monoisotopic (exact) mass is 341 g/mol. The highest BCUT2D eigenvalue weighted by Gasteiger charge is 2.27. The van der Waals surface area contributed by atoms with Gasteiger partial charge in [-0.2, -0.15) is 0 Å². The van der Waals surface area contributed by atoms with E-state index in [2.05, 4.69) is 35.2 Å². The fraction of sp³-hybridized carbons (Fsp3) is 0.429. The van der Waals surface area contributed by atoms with Gasteiger partial charge in [0.05, 0.1) is 12.7 Å². The van der Waals surface area contributed by atoms with Crippen LogP contribution in [0.5, 0.6) is 5.75 Å². The van der Waals surface area contributed by atoms with Crippen LogP contribution in [0.25, 0.3) is 0 Å². The summed E-state index contributed by atoms with van der Waals surface area (Å²) in [4.78, 5) is 2.30. The third-order valence-corrected chi connectivity index (χ3v) is 4.81. The molecule has 2 atom stereocenters. The minimum atomic E-state index is -0.289. The third-order valence-electron chi connectivity index (χ3n) is 4.81. The molecule has 1 aliphatic heterocycles. The van der Waals surface area contributed by atoms with Crippen molar-refractivity contribution in [2.24, 2.45) is 5.92 Å². The third kappa shape index (κ3) is 5.30. The van der Waals surface area contributed by atoms with Gasteiger partial charge in [0.15, 0.2) is 0 Å². The van der Waals surface area contributed by atoms with Gasteiger partial charge in [0.2, 0.25) is 0 Å². The van der Waals surface area contributed by atoms with Crippen molar-refractivity contribution in [1.29, 1.82) is 0 Å². The zero-order chi connectivity index (χ0) is 17.5. The van der Waals surface area contributed by atoms with Crippen molar-refractivity contribution in [3.63, 3.8) is 0 Å². The number of nitrogens with zero attached hydrogens (tertiary/aromatic N) is 1. The maximum Gasteiger partial charge on any atom is 0.119 e. The van der Waals surface area contributed by atoms with Crippen LogP contribution < -0.4 is 4.74 Å². The van der Waals surface area contributed by atoms with Crippen LogP contribution in [0, 0.1) is 5.92 Å². The first-order chi connectivity index (χ1) is 12.2. The molecular formula is C21H27NO3. The Morgan fingerprint density at radius 1 is 1.04 bits per heavy atom. The summed E-state index contributed by atoms with van der Waals surface area (Å²) < 4.78 is 5.47. The Labute approximate surface area is 149 Å². The molecule has 3 rings (SSSR count). The molecule has 0 spiro atoms. The number of aliphatic hydroxyl groups excluding tert-OH is 2. The Bertz CT molecular complexity index is 647. The Balaban J connectivity index is 1.53. The first-order valence-corrected chi connectivity index (χ1v) is 9.01. The molecule has 4 heteroatoms. The molecular weight excluding hydrogens is 314 g/mol. The molecule has 2 aromatic rings. The normalized spacial score (nSPS) is 21.2. The van der Waals surface area contributed by atoms with Crippen LogP contribution in [0.2, 0.25) is 0 Å². The van der Waals surface area contributed by atoms with Crippen LogP contribution in [0.15, 0.2) is 54.6 Å². The van der Waals surface area contributed by atoms with Gasteiger partial charge in [-0.15, -0.1) is 0 Å². The summed E-state index contributed by atoms with van der Waals surface area (Å²) in [6.07, 6.45) is 1.67. The highest BCUT2D eigenvalue weighted by molar-refractivity contribution is 5.28. The summed E-state index contributed by atoms with van der Waals surface area (Å²) in [5.41, 5.74) is 2.47. The number of benzene rings is 2. The predicted octanol–water partition coefficient (Wildman–Crippen LogP) is 2.48. The molecule has 1 fully saturated rings. The van der Waals surface area contributed by atoms with Crippen molar-refractivity contribution < 1.29 is 14.9 Å². The molecule has 0 aromatic heterocycles. The molecule has 2 N–H and O–H groups in total. The van der Waals surface area contributed by atoms with Gasteiger partial charge in [-0.05, 0) is 48.6 Å². The van der Waals surface area contributed by atoms with Crippen molar-refractivity contribution in [2.75, 3.05) is 26.3 Å². The summed E-state index contributed by atoms with van der Waals surface area (Å²) in [6, 6.07) is 18.4. The van der Waals surface area contributed by atoms with E-state index < -0.39 is 0 Å². The molecule has 134 valence electrons. The predicted molar refractivity (Wildman–Crippen MR) is 98.6 cm³/mol. The van der Waals surface area contributed by atoms with Crippen LogP contribution in [0.3, 0.4) is 0 Å². The maximum atomic E-state index is 10.6. The van der Waals surface area contributed by atoms with E-state index in [1.807, 2.05) is 24.3 Å². The number of aliphatic hydroxyl groups is 2. The Morgan fingerprint density at radius 3 is 2.60 bits per heavy atom. The van der Waals surface area contributed by atoms with Gasteiger partial charge in [0, 0.05) is 13.1 Å². The lowest BCUT2D eigenvalue weighted by Gasteiger charge is -2.36. The highest BCUT2D eigenvalue weighted by Crippen LogP contribution is 2.24. The quantitative estimate of drug-likeness (QED) is 0.812. The Hall–Kier alpha value is -1.88. The zero-order valence-corrected chi connectivity index (χ0v) is 14.6. The molecule has 0 radical (unpaired) electrons. The molecule has 0 bridgehead atoms. The van der Waals surface area contributed by atoms with Gasteiger partial charge in [-0.3, -0.25) is 4.90 Å². The van der Waals surface area contributed by atoms with E-state index in [9.17, 15) is 5.11 Å². The van der Waals surface area contributed by atoms with Gasteiger partial charge in [0.25, 0.3) is 0 Å². The second kappa shape index (κ2) is 8.99. The van der Waals surface area contributed by atoms with Crippen molar-refractivity contribution in [2.45, 2.75) is 25.5 Å². The van der Waals surface area contributed by atoms with E-state index in [1.54, 1.807) is 0 Å². The molecule has 1 heterocycles. The lowest BCUT2D eigenvalue weighted by atomic mass is 9.87. The summed E-state index contributed by atoms with van der Waals surface area (Å²) in [6.45, 7) is 2.85. The fourth-order valence-corrected chi connectivity index (χ4v) is 3.50. The summed E-state index contributed by atoms with van der Waals surface area (Å²) >= 11 is 0. The lowest BCUT2D eigenvalue weighted by molar-refractivity contribution is 0.0187. The van der Waals surface area contributed by atoms with Gasteiger partial charge >= 0.3 is 0 Å². The molecule has 2 aromatic carbocycles. The maximum absolute atomic E-state index is 10.6. The van der Waals surface area contributed by atoms with Gasteiger partial charge in [-0.1, -0.05) is 42.5 Å². The van der Waals surface area contributed by atoms with E-state index in [4.69, 9.17) is 9.84 Å². The average molecular weight is 341 g/mol. The van der Waals surface area contributed by atoms with Gasteiger partial charge in [-0.25, -0.2) is 0 Å².